The van der Waals surface area contributed by atoms with Gasteiger partial charge in [0, 0.05) is 22.5 Å². The van der Waals surface area contributed by atoms with E-state index in [-0.39, 0.29) is 0 Å². The van der Waals surface area contributed by atoms with E-state index < -0.39 is 0 Å². The van der Waals surface area contributed by atoms with Gasteiger partial charge in [-0.1, -0.05) is 30.3 Å². The SMILES string of the molecule is [c]1cccc(-c2ccc3oc4ccc(-c5ccccn5)cc4c3c2)c1. The van der Waals surface area contributed by atoms with Gasteiger partial charge in [-0.15, -0.1) is 0 Å². The first kappa shape index (κ1) is 14.0. The van der Waals surface area contributed by atoms with Gasteiger partial charge in [0.25, 0.3) is 0 Å². The van der Waals surface area contributed by atoms with Gasteiger partial charge in [0.2, 0.25) is 0 Å². The maximum absolute atomic E-state index is 6.01. The molecule has 2 heterocycles. The van der Waals surface area contributed by atoms with Crippen molar-refractivity contribution in [3.63, 3.8) is 0 Å². The van der Waals surface area contributed by atoms with Crippen LogP contribution in [0.5, 0.6) is 0 Å². The minimum Gasteiger partial charge on any atom is -0.456 e. The Morgan fingerprint density at radius 3 is 2.24 bits per heavy atom. The van der Waals surface area contributed by atoms with Gasteiger partial charge in [-0.05, 0) is 65.7 Å². The lowest BCUT2D eigenvalue weighted by Gasteiger charge is -2.02. The third-order valence-electron chi connectivity index (χ3n) is 4.47. The molecule has 2 heteroatoms. The topological polar surface area (TPSA) is 26.0 Å². The van der Waals surface area contributed by atoms with Crippen molar-refractivity contribution in [1.29, 1.82) is 0 Å². The van der Waals surface area contributed by atoms with E-state index in [2.05, 4.69) is 41.4 Å². The van der Waals surface area contributed by atoms with Crippen LogP contribution in [0.15, 0.2) is 89.5 Å². The molecule has 0 amide bonds. The quantitative estimate of drug-likeness (QED) is 0.392. The second-order valence-electron chi connectivity index (χ2n) is 6.03. The van der Waals surface area contributed by atoms with Crippen molar-refractivity contribution in [2.45, 2.75) is 0 Å². The number of furan rings is 1. The van der Waals surface area contributed by atoms with Gasteiger partial charge in [-0.2, -0.15) is 0 Å². The van der Waals surface area contributed by atoms with Crippen molar-refractivity contribution in [2.75, 3.05) is 0 Å². The van der Waals surface area contributed by atoms with Gasteiger partial charge >= 0.3 is 0 Å². The van der Waals surface area contributed by atoms with Crippen molar-refractivity contribution in [1.82, 2.24) is 4.98 Å². The summed E-state index contributed by atoms with van der Waals surface area (Å²) in [5.74, 6) is 0. The molecule has 0 fully saturated rings. The second kappa shape index (κ2) is 5.60. The molecule has 0 unspecified atom stereocenters. The molecule has 0 aliphatic rings. The molecule has 2 nitrogen and oxygen atoms in total. The van der Waals surface area contributed by atoms with Crippen LogP contribution in [-0.4, -0.2) is 4.98 Å². The summed E-state index contributed by atoms with van der Waals surface area (Å²) in [6, 6.07) is 29.7. The minimum atomic E-state index is 0.895. The highest BCUT2D eigenvalue weighted by molar-refractivity contribution is 6.07. The highest BCUT2D eigenvalue weighted by atomic mass is 16.3. The molecule has 0 spiro atoms. The predicted molar refractivity (Wildman–Crippen MR) is 101 cm³/mol. The molecule has 0 aliphatic heterocycles. The van der Waals surface area contributed by atoms with E-state index in [0.717, 1.165) is 44.3 Å². The normalized spacial score (nSPS) is 11.2. The maximum atomic E-state index is 6.01. The summed E-state index contributed by atoms with van der Waals surface area (Å²) < 4.78 is 6.01. The van der Waals surface area contributed by atoms with Crippen molar-refractivity contribution in [2.24, 2.45) is 0 Å². The van der Waals surface area contributed by atoms with E-state index in [0.29, 0.717) is 0 Å². The third-order valence-corrected chi connectivity index (χ3v) is 4.47. The van der Waals surface area contributed by atoms with Crippen LogP contribution >= 0.6 is 0 Å². The fraction of sp³-hybridized carbons (Fsp3) is 0. The fourth-order valence-electron chi connectivity index (χ4n) is 3.22. The highest BCUT2D eigenvalue weighted by Gasteiger charge is 2.10. The maximum Gasteiger partial charge on any atom is 0.135 e. The van der Waals surface area contributed by atoms with Crippen molar-refractivity contribution in [3.05, 3.63) is 91.1 Å². The largest absolute Gasteiger partial charge is 0.456 e. The molecule has 1 radical (unpaired) electrons. The van der Waals surface area contributed by atoms with Gasteiger partial charge in [-0.25, -0.2) is 0 Å². The monoisotopic (exact) mass is 320 g/mol. The fourth-order valence-corrected chi connectivity index (χ4v) is 3.22. The average molecular weight is 320 g/mol. The van der Waals surface area contributed by atoms with Crippen molar-refractivity contribution < 1.29 is 4.42 Å². The van der Waals surface area contributed by atoms with E-state index in [9.17, 15) is 0 Å². The zero-order valence-electron chi connectivity index (χ0n) is 13.4. The van der Waals surface area contributed by atoms with Crippen molar-refractivity contribution >= 4 is 21.9 Å². The van der Waals surface area contributed by atoms with Crippen LogP contribution < -0.4 is 0 Å². The zero-order chi connectivity index (χ0) is 16.6. The lowest BCUT2D eigenvalue weighted by atomic mass is 10.0. The van der Waals surface area contributed by atoms with Crippen LogP contribution in [0, 0.1) is 6.07 Å². The Hall–Kier alpha value is -3.39. The zero-order valence-corrected chi connectivity index (χ0v) is 13.4. The van der Waals surface area contributed by atoms with Crippen LogP contribution in [0.4, 0.5) is 0 Å². The lowest BCUT2D eigenvalue weighted by Crippen LogP contribution is -1.81. The summed E-state index contributed by atoms with van der Waals surface area (Å²) in [6.07, 6.45) is 1.82. The Morgan fingerprint density at radius 2 is 1.52 bits per heavy atom. The number of aromatic nitrogens is 1. The Morgan fingerprint density at radius 1 is 0.720 bits per heavy atom. The average Bonchev–Trinajstić information content (AvgIpc) is 3.06. The Labute approximate surface area is 145 Å². The number of benzene rings is 3. The van der Waals surface area contributed by atoms with Gasteiger partial charge in [0.1, 0.15) is 11.2 Å². The molecule has 25 heavy (non-hydrogen) atoms. The van der Waals surface area contributed by atoms with Crippen LogP contribution in [0.3, 0.4) is 0 Å². The molecule has 0 atom stereocenters. The molecule has 5 aromatic rings. The number of fused-ring (bicyclic) bond motifs is 3. The molecule has 5 rings (SSSR count). The van der Waals surface area contributed by atoms with Crippen LogP contribution in [0.25, 0.3) is 44.3 Å². The van der Waals surface area contributed by atoms with E-state index in [1.165, 1.54) is 0 Å². The Kier molecular flexibility index (Phi) is 3.14. The summed E-state index contributed by atoms with van der Waals surface area (Å²) in [6.45, 7) is 0. The van der Waals surface area contributed by atoms with E-state index >= 15 is 0 Å². The van der Waals surface area contributed by atoms with Gasteiger partial charge in [-0.3, -0.25) is 4.98 Å². The molecule has 0 aliphatic carbocycles. The first-order valence-corrected chi connectivity index (χ1v) is 8.23. The molecular formula is C23H14NO. The van der Waals surface area contributed by atoms with E-state index in [4.69, 9.17) is 4.42 Å². The third kappa shape index (κ3) is 2.39. The predicted octanol–water partition coefficient (Wildman–Crippen LogP) is 6.12. The van der Waals surface area contributed by atoms with Gasteiger partial charge < -0.3 is 4.42 Å². The molecule has 0 saturated heterocycles. The second-order valence-corrected chi connectivity index (χ2v) is 6.03. The molecule has 0 saturated carbocycles. The van der Waals surface area contributed by atoms with Crippen LogP contribution in [0.1, 0.15) is 0 Å². The summed E-state index contributed by atoms with van der Waals surface area (Å²) in [5.41, 5.74) is 6.17. The minimum absolute atomic E-state index is 0.895. The summed E-state index contributed by atoms with van der Waals surface area (Å²) in [5, 5.41) is 2.23. The van der Waals surface area contributed by atoms with Gasteiger partial charge in [0.05, 0.1) is 5.69 Å². The highest BCUT2D eigenvalue weighted by Crippen LogP contribution is 2.34. The number of nitrogens with zero attached hydrogens (tertiary/aromatic N) is 1. The summed E-state index contributed by atoms with van der Waals surface area (Å²) >= 11 is 0. The molecule has 2 aromatic heterocycles. The summed E-state index contributed by atoms with van der Waals surface area (Å²) in [7, 11) is 0. The smallest absolute Gasteiger partial charge is 0.135 e. The van der Waals surface area contributed by atoms with E-state index in [1.807, 2.05) is 54.7 Å². The number of hydrogen-bond donors (Lipinski definition) is 0. The summed E-state index contributed by atoms with van der Waals surface area (Å²) in [4.78, 5) is 4.45. The van der Waals surface area contributed by atoms with Crippen LogP contribution in [0.2, 0.25) is 0 Å². The van der Waals surface area contributed by atoms with Gasteiger partial charge in [0.15, 0.2) is 0 Å². The number of rotatable bonds is 2. The first-order chi connectivity index (χ1) is 12.4. The molecule has 0 N–H and O–H groups in total. The Balaban J connectivity index is 1.73. The molecule has 117 valence electrons. The molecule has 0 bridgehead atoms. The molecule has 3 aromatic carbocycles. The van der Waals surface area contributed by atoms with E-state index in [1.54, 1.807) is 0 Å². The molecular weight excluding hydrogens is 306 g/mol. The first-order valence-electron chi connectivity index (χ1n) is 8.23. The van der Waals surface area contributed by atoms with Crippen molar-refractivity contribution in [3.8, 4) is 22.4 Å². The standard InChI is InChI=1S/C23H14NO/c1-2-6-16(7-3-1)17-9-11-22-19(14-17)20-15-18(10-12-23(20)25-22)21-8-4-5-13-24-21/h1-2,4-15H. The number of hydrogen-bond acceptors (Lipinski definition) is 2. The van der Waals surface area contributed by atoms with Crippen LogP contribution in [-0.2, 0) is 0 Å². The number of pyridine rings is 1. The lowest BCUT2D eigenvalue weighted by molar-refractivity contribution is 0.669. The Bertz CT molecular complexity index is 1080.